The Morgan fingerprint density at radius 1 is 1.50 bits per heavy atom. The van der Waals surface area contributed by atoms with Gasteiger partial charge in [-0.25, -0.2) is 4.98 Å². The lowest BCUT2D eigenvalue weighted by Gasteiger charge is -2.03. The largest absolute Gasteiger partial charge is 0.391 e. The number of fused-ring (bicyclic) bond motifs is 1. The molecule has 6 heteroatoms. The minimum absolute atomic E-state index is 0.0567. The Morgan fingerprint density at radius 3 is 3.00 bits per heavy atom. The normalized spacial score (nSPS) is 14.7. The summed E-state index contributed by atoms with van der Waals surface area (Å²) in [5.74, 6) is 1.01. The van der Waals surface area contributed by atoms with Crippen molar-refractivity contribution >= 4 is 23.3 Å². The van der Waals surface area contributed by atoms with E-state index < -0.39 is 0 Å². The lowest BCUT2D eigenvalue weighted by atomic mass is 10.5. The minimum Gasteiger partial charge on any atom is -0.391 e. The van der Waals surface area contributed by atoms with E-state index in [4.69, 9.17) is 11.5 Å². The first-order valence-corrected chi connectivity index (χ1v) is 4.47. The lowest BCUT2D eigenvalue weighted by Crippen LogP contribution is -2.24. The molecule has 12 heavy (non-hydrogen) atoms. The maximum atomic E-state index is 11.4. The third-order valence-electron chi connectivity index (χ3n) is 1.74. The van der Waals surface area contributed by atoms with Crippen molar-refractivity contribution in [2.45, 2.75) is 11.7 Å². The molecule has 64 valence electrons. The van der Waals surface area contributed by atoms with Crippen LogP contribution in [0.3, 0.4) is 0 Å². The Labute approximate surface area is 72.8 Å². The van der Waals surface area contributed by atoms with Crippen molar-refractivity contribution in [2.24, 2.45) is 0 Å². The zero-order valence-electron chi connectivity index (χ0n) is 6.28. The molecule has 0 radical (unpaired) electrons. The smallest absolute Gasteiger partial charge is 0.279 e. The van der Waals surface area contributed by atoms with Crippen LogP contribution in [-0.4, -0.2) is 15.3 Å². The number of rotatable bonds is 0. The molecular weight excluding hydrogens is 176 g/mol. The molecule has 1 aliphatic heterocycles. The Kier molecular flexibility index (Phi) is 1.50. The van der Waals surface area contributed by atoms with Crippen molar-refractivity contribution in [1.29, 1.82) is 0 Å². The Morgan fingerprint density at radius 2 is 2.25 bits per heavy atom. The number of anilines is 2. The molecular formula is C6H8N4OS. The van der Waals surface area contributed by atoms with Gasteiger partial charge in [-0.3, -0.25) is 9.36 Å². The second-order valence-corrected chi connectivity index (χ2v) is 3.56. The molecule has 1 aromatic heterocycles. The molecule has 0 aromatic carbocycles. The third kappa shape index (κ3) is 0.878. The quantitative estimate of drug-likeness (QED) is 0.531. The summed E-state index contributed by atoms with van der Waals surface area (Å²) < 4.78 is 1.55. The summed E-state index contributed by atoms with van der Waals surface area (Å²) in [5, 5.41) is 0.673. The van der Waals surface area contributed by atoms with E-state index in [1.807, 2.05) is 0 Å². The van der Waals surface area contributed by atoms with Gasteiger partial charge in [-0.05, 0) is 0 Å². The van der Waals surface area contributed by atoms with E-state index in [1.165, 1.54) is 11.8 Å². The highest BCUT2D eigenvalue weighted by atomic mass is 32.2. The molecule has 4 N–H and O–H groups in total. The van der Waals surface area contributed by atoms with Crippen molar-refractivity contribution < 1.29 is 0 Å². The first kappa shape index (κ1) is 7.48. The maximum Gasteiger partial charge on any atom is 0.279 e. The van der Waals surface area contributed by atoms with Crippen LogP contribution in [0, 0.1) is 0 Å². The molecule has 1 aliphatic rings. The molecule has 0 fully saturated rings. The van der Waals surface area contributed by atoms with E-state index in [0.29, 0.717) is 11.7 Å². The van der Waals surface area contributed by atoms with Gasteiger partial charge in [0.05, 0.1) is 0 Å². The summed E-state index contributed by atoms with van der Waals surface area (Å²) in [6.45, 7) is 0.677. The summed E-state index contributed by atoms with van der Waals surface area (Å²) in [5.41, 5.74) is 10.7. The highest BCUT2D eigenvalue weighted by molar-refractivity contribution is 7.99. The summed E-state index contributed by atoms with van der Waals surface area (Å²) in [6.07, 6.45) is 0. The third-order valence-corrected chi connectivity index (χ3v) is 2.70. The van der Waals surface area contributed by atoms with E-state index in [2.05, 4.69) is 4.98 Å². The van der Waals surface area contributed by atoms with Gasteiger partial charge in [-0.1, -0.05) is 11.8 Å². The first-order chi connectivity index (χ1) is 5.70. The van der Waals surface area contributed by atoms with Crippen molar-refractivity contribution in [3.8, 4) is 0 Å². The van der Waals surface area contributed by atoms with Crippen LogP contribution in [0.4, 0.5) is 11.5 Å². The molecule has 5 nitrogen and oxygen atoms in total. The van der Waals surface area contributed by atoms with Crippen LogP contribution in [0.1, 0.15) is 0 Å². The van der Waals surface area contributed by atoms with E-state index in [1.54, 1.807) is 4.57 Å². The van der Waals surface area contributed by atoms with Crippen LogP contribution in [-0.2, 0) is 6.54 Å². The highest BCUT2D eigenvalue weighted by Gasteiger charge is 2.17. The summed E-state index contributed by atoms with van der Waals surface area (Å²) in [4.78, 5) is 15.4. The van der Waals surface area contributed by atoms with Gasteiger partial charge in [0, 0.05) is 12.3 Å². The SMILES string of the molecule is Nc1nc2n(c(=O)c1N)CCS2. The van der Waals surface area contributed by atoms with Gasteiger partial charge in [0.15, 0.2) is 11.0 Å². The van der Waals surface area contributed by atoms with Gasteiger partial charge in [0.1, 0.15) is 5.69 Å². The van der Waals surface area contributed by atoms with Crippen LogP contribution in [0.5, 0.6) is 0 Å². The average Bonchev–Trinajstić information content (AvgIpc) is 2.48. The van der Waals surface area contributed by atoms with Gasteiger partial charge >= 0.3 is 0 Å². The zero-order valence-corrected chi connectivity index (χ0v) is 7.10. The molecule has 0 amide bonds. The van der Waals surface area contributed by atoms with E-state index in [9.17, 15) is 4.79 Å². The number of hydrogen-bond donors (Lipinski definition) is 2. The maximum absolute atomic E-state index is 11.4. The molecule has 0 bridgehead atoms. The van der Waals surface area contributed by atoms with Crippen molar-refractivity contribution in [3.63, 3.8) is 0 Å². The molecule has 2 heterocycles. The topological polar surface area (TPSA) is 86.9 Å². The molecule has 0 atom stereocenters. The lowest BCUT2D eigenvalue weighted by molar-refractivity contribution is 0.661. The van der Waals surface area contributed by atoms with Gasteiger partial charge in [-0.15, -0.1) is 0 Å². The van der Waals surface area contributed by atoms with E-state index in [0.717, 1.165) is 5.75 Å². The molecule has 0 saturated heterocycles. The number of nitrogens with zero attached hydrogens (tertiary/aromatic N) is 2. The summed E-state index contributed by atoms with van der Waals surface area (Å²) >= 11 is 1.52. The van der Waals surface area contributed by atoms with Crippen LogP contribution in [0.15, 0.2) is 9.95 Å². The second-order valence-electron chi connectivity index (χ2n) is 2.50. The number of nitrogens with two attached hydrogens (primary N) is 2. The molecule has 0 aliphatic carbocycles. The molecule has 0 unspecified atom stereocenters. The molecule has 2 rings (SSSR count). The predicted octanol–water partition coefficient (Wildman–Crippen LogP) is -0.487. The van der Waals surface area contributed by atoms with Crippen LogP contribution in [0.2, 0.25) is 0 Å². The second kappa shape index (κ2) is 2.41. The summed E-state index contributed by atoms with van der Waals surface area (Å²) in [6, 6.07) is 0. The number of aromatic nitrogens is 2. The molecule has 0 saturated carbocycles. The monoisotopic (exact) mass is 184 g/mol. The van der Waals surface area contributed by atoms with Gasteiger partial charge in [0.2, 0.25) is 0 Å². The predicted molar refractivity (Wildman–Crippen MR) is 48.0 cm³/mol. The number of nitrogen functional groups attached to an aromatic ring is 2. The fraction of sp³-hybridized carbons (Fsp3) is 0.333. The Bertz CT molecular complexity index is 386. The standard InChI is InChI=1S/C6H8N4OS/c7-3-4(8)9-6-10(5(3)11)1-2-12-6/h1-2,7-8H2. The number of thioether (sulfide) groups is 1. The fourth-order valence-corrected chi connectivity index (χ4v) is 2.05. The minimum atomic E-state index is -0.220. The van der Waals surface area contributed by atoms with Crippen LogP contribution < -0.4 is 17.0 Å². The number of hydrogen-bond acceptors (Lipinski definition) is 5. The van der Waals surface area contributed by atoms with Crippen molar-refractivity contribution in [3.05, 3.63) is 10.4 Å². The Hall–Kier alpha value is -1.17. The van der Waals surface area contributed by atoms with E-state index in [-0.39, 0.29) is 17.1 Å². The fourth-order valence-electron chi connectivity index (χ4n) is 1.10. The van der Waals surface area contributed by atoms with E-state index >= 15 is 0 Å². The van der Waals surface area contributed by atoms with Crippen LogP contribution in [0.25, 0.3) is 0 Å². The highest BCUT2D eigenvalue weighted by Crippen LogP contribution is 2.23. The first-order valence-electron chi connectivity index (χ1n) is 3.48. The van der Waals surface area contributed by atoms with Gasteiger partial charge in [-0.2, -0.15) is 0 Å². The zero-order chi connectivity index (χ0) is 8.72. The van der Waals surface area contributed by atoms with Crippen LogP contribution >= 0.6 is 11.8 Å². The summed E-state index contributed by atoms with van der Waals surface area (Å²) in [7, 11) is 0. The van der Waals surface area contributed by atoms with Gasteiger partial charge < -0.3 is 11.5 Å². The van der Waals surface area contributed by atoms with Crippen molar-refractivity contribution in [1.82, 2.24) is 9.55 Å². The van der Waals surface area contributed by atoms with Crippen molar-refractivity contribution in [2.75, 3.05) is 17.2 Å². The average molecular weight is 184 g/mol. The molecule has 0 spiro atoms. The van der Waals surface area contributed by atoms with Gasteiger partial charge in [0.25, 0.3) is 5.56 Å². The Balaban J connectivity index is 2.76. The molecule has 1 aromatic rings.